The van der Waals surface area contributed by atoms with Gasteiger partial charge in [-0.05, 0) is 52.4 Å². The van der Waals surface area contributed by atoms with Crippen LogP contribution in [-0.4, -0.2) is 43.2 Å². The van der Waals surface area contributed by atoms with Crippen molar-refractivity contribution in [3.8, 4) is 0 Å². The third-order valence-electron chi connectivity index (χ3n) is 4.54. The van der Waals surface area contributed by atoms with Crippen molar-refractivity contribution >= 4 is 85.9 Å². The molecule has 0 aliphatic carbocycles. The third kappa shape index (κ3) is 4.13. The fourth-order valence-corrected chi connectivity index (χ4v) is 4.22. The summed E-state index contributed by atoms with van der Waals surface area (Å²) in [7, 11) is 0. The van der Waals surface area contributed by atoms with Gasteiger partial charge in [0.25, 0.3) is 11.8 Å². The molecule has 1 aromatic heterocycles. The van der Waals surface area contributed by atoms with Crippen LogP contribution in [0.4, 0.5) is 11.6 Å². The second kappa shape index (κ2) is 8.68. The van der Waals surface area contributed by atoms with Crippen LogP contribution < -0.4 is 15.1 Å². The van der Waals surface area contributed by atoms with Crippen LogP contribution in [0.1, 0.15) is 5.76 Å². The molecule has 0 bridgehead atoms. The summed E-state index contributed by atoms with van der Waals surface area (Å²) < 4.78 is 12.0. The van der Waals surface area contributed by atoms with Crippen LogP contribution in [0.25, 0.3) is 6.08 Å². The Labute approximate surface area is 195 Å². The zero-order valence-corrected chi connectivity index (χ0v) is 19.2. The summed E-state index contributed by atoms with van der Waals surface area (Å²) in [6.45, 7) is 2.56. The van der Waals surface area contributed by atoms with Gasteiger partial charge < -0.3 is 14.1 Å². The Morgan fingerprint density at radius 1 is 1.13 bits per heavy atom. The van der Waals surface area contributed by atoms with E-state index in [0.29, 0.717) is 48.7 Å². The standard InChI is InChI=1S/C19H14BrCl2N3O4S/c20-13-9-11(29-18(13)24-3-5-28-6-4-24)8-12-16(26)23-19(30)25(17(12)27)10-1-2-14(21)15(22)7-10/h1-2,7-9H,3-6H2,(H,23,26,30)/b12-8+. The highest BCUT2D eigenvalue weighted by Crippen LogP contribution is 2.33. The molecule has 2 fully saturated rings. The van der Waals surface area contributed by atoms with Crippen molar-refractivity contribution in [3.05, 3.63) is 50.1 Å². The van der Waals surface area contributed by atoms with Gasteiger partial charge in [0.2, 0.25) is 5.88 Å². The number of benzene rings is 1. The normalized spacial score (nSPS) is 18.9. The van der Waals surface area contributed by atoms with E-state index >= 15 is 0 Å². The molecule has 2 aliphatic heterocycles. The minimum Gasteiger partial charge on any atom is -0.440 e. The molecule has 0 spiro atoms. The summed E-state index contributed by atoms with van der Waals surface area (Å²) in [6, 6.07) is 6.35. The molecule has 0 saturated carbocycles. The molecule has 2 aromatic rings. The number of thiocarbonyl (C=S) groups is 1. The largest absolute Gasteiger partial charge is 0.440 e. The molecule has 1 aromatic carbocycles. The average molecular weight is 531 g/mol. The number of furan rings is 1. The van der Waals surface area contributed by atoms with E-state index in [0.717, 1.165) is 4.47 Å². The monoisotopic (exact) mass is 529 g/mol. The topological polar surface area (TPSA) is 75.0 Å². The summed E-state index contributed by atoms with van der Waals surface area (Å²) in [5, 5.41) is 3.08. The summed E-state index contributed by atoms with van der Waals surface area (Å²) in [5.41, 5.74) is 0.268. The number of morpholine rings is 1. The summed E-state index contributed by atoms with van der Waals surface area (Å²) in [6.07, 6.45) is 1.39. The van der Waals surface area contributed by atoms with E-state index in [2.05, 4.69) is 21.2 Å². The molecule has 3 heterocycles. The average Bonchev–Trinajstić information content (AvgIpc) is 3.08. The number of amides is 2. The van der Waals surface area contributed by atoms with E-state index in [9.17, 15) is 9.59 Å². The van der Waals surface area contributed by atoms with Gasteiger partial charge in [0, 0.05) is 19.2 Å². The van der Waals surface area contributed by atoms with Crippen molar-refractivity contribution in [2.45, 2.75) is 0 Å². The van der Waals surface area contributed by atoms with Gasteiger partial charge in [0.1, 0.15) is 11.3 Å². The third-order valence-corrected chi connectivity index (χ3v) is 6.13. The van der Waals surface area contributed by atoms with Crippen LogP contribution >= 0.6 is 51.3 Å². The Morgan fingerprint density at radius 2 is 1.87 bits per heavy atom. The Bertz CT molecular complexity index is 1080. The molecule has 156 valence electrons. The zero-order chi connectivity index (χ0) is 21.4. The number of nitrogens with one attached hydrogen (secondary N) is 1. The maximum Gasteiger partial charge on any atom is 0.270 e. The number of hydrogen-bond donors (Lipinski definition) is 1. The molecule has 2 saturated heterocycles. The number of carbonyl (C=O) groups is 2. The first-order valence-corrected chi connectivity index (χ1v) is 10.8. The molecule has 0 radical (unpaired) electrons. The van der Waals surface area contributed by atoms with Crippen LogP contribution in [0.15, 0.2) is 38.7 Å². The van der Waals surface area contributed by atoms with Crippen molar-refractivity contribution in [2.75, 3.05) is 36.1 Å². The first-order valence-electron chi connectivity index (χ1n) is 8.83. The number of hydrogen-bond acceptors (Lipinski definition) is 6. The molecular weight excluding hydrogens is 517 g/mol. The molecule has 4 rings (SSSR count). The number of rotatable bonds is 3. The summed E-state index contributed by atoms with van der Waals surface area (Å²) in [4.78, 5) is 28.8. The fraction of sp³-hybridized carbons (Fsp3) is 0.211. The van der Waals surface area contributed by atoms with Crippen LogP contribution in [0.2, 0.25) is 10.0 Å². The first kappa shape index (κ1) is 21.3. The van der Waals surface area contributed by atoms with Gasteiger partial charge in [-0.2, -0.15) is 0 Å². The van der Waals surface area contributed by atoms with Crippen LogP contribution in [0.3, 0.4) is 0 Å². The number of halogens is 3. The lowest BCUT2D eigenvalue weighted by molar-refractivity contribution is -0.122. The quantitative estimate of drug-likeness (QED) is 0.367. The highest BCUT2D eigenvalue weighted by molar-refractivity contribution is 9.10. The molecule has 30 heavy (non-hydrogen) atoms. The van der Waals surface area contributed by atoms with E-state index < -0.39 is 11.8 Å². The molecule has 1 N–H and O–H groups in total. The lowest BCUT2D eigenvalue weighted by atomic mass is 10.1. The van der Waals surface area contributed by atoms with Crippen LogP contribution in [0.5, 0.6) is 0 Å². The van der Waals surface area contributed by atoms with E-state index in [1.165, 1.54) is 17.0 Å². The van der Waals surface area contributed by atoms with Gasteiger partial charge in [0.05, 0.1) is 33.4 Å². The molecule has 0 unspecified atom stereocenters. The van der Waals surface area contributed by atoms with Crippen molar-refractivity contribution in [1.82, 2.24) is 5.32 Å². The highest BCUT2D eigenvalue weighted by atomic mass is 79.9. The lowest BCUT2D eigenvalue weighted by Crippen LogP contribution is -2.54. The van der Waals surface area contributed by atoms with Crippen molar-refractivity contribution in [1.29, 1.82) is 0 Å². The minimum absolute atomic E-state index is 0.0461. The van der Waals surface area contributed by atoms with Gasteiger partial charge >= 0.3 is 0 Å². The number of ether oxygens (including phenoxy) is 1. The molecule has 0 atom stereocenters. The lowest BCUT2D eigenvalue weighted by Gasteiger charge is -2.29. The summed E-state index contributed by atoms with van der Waals surface area (Å²) >= 11 is 20.7. The molecule has 7 nitrogen and oxygen atoms in total. The van der Waals surface area contributed by atoms with Gasteiger partial charge in [-0.15, -0.1) is 0 Å². The van der Waals surface area contributed by atoms with Gasteiger partial charge in [0.15, 0.2) is 5.11 Å². The van der Waals surface area contributed by atoms with E-state index in [1.807, 2.05) is 4.90 Å². The Morgan fingerprint density at radius 3 is 2.57 bits per heavy atom. The van der Waals surface area contributed by atoms with E-state index in [1.54, 1.807) is 18.2 Å². The molecule has 2 aliphatic rings. The van der Waals surface area contributed by atoms with Gasteiger partial charge in [-0.25, -0.2) is 0 Å². The minimum atomic E-state index is -0.609. The zero-order valence-electron chi connectivity index (χ0n) is 15.3. The maximum absolute atomic E-state index is 13.1. The van der Waals surface area contributed by atoms with E-state index in [-0.39, 0.29) is 15.7 Å². The fourth-order valence-electron chi connectivity index (χ4n) is 3.09. The number of carbonyl (C=O) groups excluding carboxylic acids is 2. The predicted molar refractivity (Wildman–Crippen MR) is 122 cm³/mol. The van der Waals surface area contributed by atoms with E-state index in [4.69, 9.17) is 44.6 Å². The first-order chi connectivity index (χ1) is 14.3. The van der Waals surface area contributed by atoms with Crippen molar-refractivity contribution in [3.63, 3.8) is 0 Å². The second-order valence-corrected chi connectivity index (χ2v) is 8.51. The predicted octanol–water partition coefficient (Wildman–Crippen LogP) is 4.02. The highest BCUT2D eigenvalue weighted by Gasteiger charge is 2.35. The summed E-state index contributed by atoms with van der Waals surface area (Å²) in [5.74, 6) is -0.237. The SMILES string of the molecule is O=C1NC(=S)N(c2ccc(Cl)c(Cl)c2)C(=O)/C1=C/c1cc(Br)c(N2CCOCC2)o1. The van der Waals surface area contributed by atoms with Crippen LogP contribution in [-0.2, 0) is 14.3 Å². The Balaban J connectivity index is 1.66. The maximum atomic E-state index is 13.1. The van der Waals surface area contributed by atoms with Crippen LogP contribution in [0, 0.1) is 0 Å². The van der Waals surface area contributed by atoms with Crippen molar-refractivity contribution < 1.29 is 18.7 Å². The Kier molecular flexibility index (Phi) is 6.17. The molecule has 2 amide bonds. The number of nitrogens with zero attached hydrogens (tertiary/aromatic N) is 2. The smallest absolute Gasteiger partial charge is 0.270 e. The van der Waals surface area contributed by atoms with Crippen molar-refractivity contribution in [2.24, 2.45) is 0 Å². The molecule has 11 heteroatoms. The molecular formula is C19H14BrCl2N3O4S. The van der Waals surface area contributed by atoms with Gasteiger partial charge in [-0.1, -0.05) is 23.2 Å². The Hall–Kier alpha value is -1.91. The second-order valence-electron chi connectivity index (χ2n) is 6.46. The van der Waals surface area contributed by atoms with Gasteiger partial charge in [-0.3, -0.25) is 19.8 Å². The number of anilines is 2.